The summed E-state index contributed by atoms with van der Waals surface area (Å²) in [5.74, 6) is 5.36. The van der Waals surface area contributed by atoms with Crippen LogP contribution in [0.3, 0.4) is 0 Å². The number of nitrogen functional groups attached to an aromatic ring is 2. The van der Waals surface area contributed by atoms with Crippen molar-refractivity contribution in [3.05, 3.63) is 120 Å². The number of fused-ring (bicyclic) bond motifs is 2. The molecular weight excluding hydrogens is 1010 g/mol. The van der Waals surface area contributed by atoms with Crippen molar-refractivity contribution in [1.29, 1.82) is 0 Å². The number of rotatable bonds is 15. The second-order valence-electron chi connectivity index (χ2n) is 14.5. The first-order valence-corrected chi connectivity index (χ1v) is 25.0. The Labute approximate surface area is 414 Å². The van der Waals surface area contributed by atoms with E-state index in [9.17, 15) is 19.2 Å². The van der Waals surface area contributed by atoms with E-state index in [2.05, 4.69) is 15.4 Å². The molecule has 0 unspecified atom stereocenters. The van der Waals surface area contributed by atoms with E-state index in [0.717, 1.165) is 80.9 Å². The van der Waals surface area contributed by atoms with E-state index in [-0.39, 0.29) is 23.1 Å². The summed E-state index contributed by atoms with van der Waals surface area (Å²) in [4.78, 5) is 58.5. The molecule has 25 heteroatoms. The van der Waals surface area contributed by atoms with Crippen LogP contribution in [0.5, 0.6) is 0 Å². The highest BCUT2D eigenvalue weighted by atomic mass is 32.2. The third-order valence-corrected chi connectivity index (χ3v) is 9.24. The molecule has 0 fully saturated rings. The molecule has 0 saturated carbocycles. The van der Waals surface area contributed by atoms with Gasteiger partial charge in [0.25, 0.3) is 0 Å². The number of carbonyl (C=O) groups excluding carboxylic acids is 4. The maximum Gasteiger partial charge on any atom is 0.425 e. The first-order valence-electron chi connectivity index (χ1n) is 21.0. The largest absolute Gasteiger partial charge is 0.425 e. The van der Waals surface area contributed by atoms with Gasteiger partial charge < -0.3 is 11.2 Å². The maximum absolute atomic E-state index is 12.5. The summed E-state index contributed by atoms with van der Waals surface area (Å²) >= 11 is 0. The zero-order valence-corrected chi connectivity index (χ0v) is 41.9. The lowest BCUT2D eigenvalue weighted by Crippen LogP contribution is -2.09. The Balaban J connectivity index is 0.000000545. The van der Waals surface area contributed by atoms with Crippen molar-refractivity contribution in [2.75, 3.05) is 11.2 Å². The van der Waals surface area contributed by atoms with E-state index < -0.39 is 42.4 Å². The van der Waals surface area contributed by atoms with Crippen molar-refractivity contribution in [3.8, 4) is 22.3 Å². The van der Waals surface area contributed by atoms with E-state index in [1.165, 1.54) is 0 Å². The van der Waals surface area contributed by atoms with Crippen LogP contribution < -0.4 is 17.0 Å². The summed E-state index contributed by atoms with van der Waals surface area (Å²) < 4.78 is 101. The SMILES string of the molecule is CCCC(=O)c1cc(-c2ccc3cc(N)ccc3c2)cc(C(=O)CCC)n1.CCCC(=O)c1cc(-c2ccc3cc(NN)ccc3c2)cc(C(=O)CCC)n1.O=S(=O)=O.O=S(=O)=O.O=S(=O)=O.O=S(=O)=O. The van der Waals surface area contributed by atoms with E-state index in [1.807, 2.05) is 100 Å². The molecule has 0 amide bonds. The molecule has 6 rings (SSSR count). The summed E-state index contributed by atoms with van der Waals surface area (Å²) in [6.07, 6.45) is 4.69. The average molecular weight is 1060 g/mol. The van der Waals surface area contributed by atoms with Crippen LogP contribution in [0.1, 0.15) is 121 Å². The third kappa shape index (κ3) is 23.5. The molecule has 0 aliphatic rings. The van der Waals surface area contributed by atoms with Crippen LogP contribution in [-0.2, 0) is 42.4 Å². The molecule has 71 heavy (non-hydrogen) atoms. The number of nitrogens with zero attached hydrogens (tertiary/aromatic N) is 2. The molecule has 0 saturated heterocycles. The number of Topliss-reactive ketones (excluding diaryl/α,β-unsaturated/α-hetero) is 4. The number of hydrogen-bond acceptors (Lipinski definition) is 21. The summed E-state index contributed by atoms with van der Waals surface area (Å²) in [7, 11) is -12.4. The Morgan fingerprint density at radius 3 is 0.958 bits per heavy atom. The molecule has 0 atom stereocenters. The minimum absolute atomic E-state index is 0.0292. The monoisotopic (exact) mass is 1060 g/mol. The number of ketones is 4. The number of anilines is 2. The van der Waals surface area contributed by atoms with Gasteiger partial charge >= 0.3 is 42.4 Å². The van der Waals surface area contributed by atoms with Crippen molar-refractivity contribution >= 4 is 98.5 Å². The molecule has 21 nitrogen and oxygen atoms in total. The smallest absolute Gasteiger partial charge is 0.399 e. The molecule has 378 valence electrons. The fourth-order valence-corrected chi connectivity index (χ4v) is 6.35. The van der Waals surface area contributed by atoms with Gasteiger partial charge in [0.05, 0.1) is 0 Å². The Hall–Kier alpha value is -7.58. The maximum atomic E-state index is 12.5. The molecule has 0 aliphatic heterocycles. The molecule has 0 bridgehead atoms. The fraction of sp³-hybridized carbons (Fsp3) is 0.261. The second-order valence-corrected chi connectivity index (χ2v) is 16.1. The zero-order valence-electron chi connectivity index (χ0n) is 38.6. The molecule has 2 heterocycles. The average Bonchev–Trinajstić information content (AvgIpc) is 3.30. The lowest BCUT2D eigenvalue weighted by Gasteiger charge is -2.10. The van der Waals surface area contributed by atoms with Crippen LogP contribution >= 0.6 is 0 Å². The van der Waals surface area contributed by atoms with Crippen molar-refractivity contribution in [2.24, 2.45) is 5.84 Å². The molecule has 6 aromatic rings. The van der Waals surface area contributed by atoms with E-state index >= 15 is 0 Å². The number of aromatic nitrogens is 2. The van der Waals surface area contributed by atoms with Gasteiger partial charge in [0.15, 0.2) is 23.1 Å². The standard InChI is InChI=1S/C23H25N3O2.C23H24N2O2.4O3S/c1-3-5-22(27)20-13-18(14-21(25-20)23(28)6-4-2)16-7-8-17-12-19(26-24)10-9-15(17)11-16;1-3-5-22(26)20-13-18(14-21(25-20)23(27)6-4-2)16-7-8-17-12-19(24)10-9-15(17)11-16;4*1-4(2)3/h7-14,26H,3-6,24H2,1-2H3;7-14H,3-6,24H2,1-2H3;;;;. The van der Waals surface area contributed by atoms with Gasteiger partial charge in [-0.25, -0.2) is 9.97 Å². The highest BCUT2D eigenvalue weighted by molar-refractivity contribution is 7.59. The summed E-state index contributed by atoms with van der Waals surface area (Å²) in [5, 5.41) is 4.22. The Bertz CT molecular complexity index is 3120. The fourth-order valence-electron chi connectivity index (χ4n) is 6.35. The predicted octanol–water partition coefficient (Wildman–Crippen LogP) is 6.59. The number of nitrogens with one attached hydrogen (secondary N) is 1. The van der Waals surface area contributed by atoms with Gasteiger partial charge in [0.1, 0.15) is 22.8 Å². The van der Waals surface area contributed by atoms with Crippen LogP contribution in [0.4, 0.5) is 11.4 Å². The van der Waals surface area contributed by atoms with Gasteiger partial charge in [-0.15, -0.1) is 50.5 Å². The van der Waals surface area contributed by atoms with Gasteiger partial charge in [-0.1, -0.05) is 64.1 Å². The van der Waals surface area contributed by atoms with Crippen LogP contribution in [0.15, 0.2) is 97.1 Å². The number of hydrazine groups is 1. The molecule has 2 aromatic heterocycles. The van der Waals surface area contributed by atoms with E-state index in [1.54, 1.807) is 24.3 Å². The second kappa shape index (κ2) is 32.3. The Morgan fingerprint density at radius 1 is 0.394 bits per heavy atom. The number of benzene rings is 4. The van der Waals surface area contributed by atoms with Crippen molar-refractivity contribution in [1.82, 2.24) is 9.97 Å². The van der Waals surface area contributed by atoms with Crippen molar-refractivity contribution in [3.63, 3.8) is 0 Å². The topological polar surface area (TPSA) is 363 Å². The first kappa shape index (κ1) is 61.4. The molecule has 5 N–H and O–H groups in total. The Kier molecular flexibility index (Phi) is 27.9. The molecular formula is C46H49N5O16S4. The van der Waals surface area contributed by atoms with Crippen LogP contribution in [-0.4, -0.2) is 83.6 Å². The lowest BCUT2D eigenvalue weighted by atomic mass is 9.98. The minimum Gasteiger partial charge on any atom is -0.399 e. The molecule has 0 aliphatic carbocycles. The van der Waals surface area contributed by atoms with Crippen molar-refractivity contribution in [2.45, 2.75) is 79.1 Å². The summed E-state index contributed by atoms with van der Waals surface area (Å²) in [6, 6.07) is 30.9. The highest BCUT2D eigenvalue weighted by Gasteiger charge is 2.17. The predicted molar refractivity (Wildman–Crippen MR) is 262 cm³/mol. The Morgan fingerprint density at radius 2 is 0.662 bits per heavy atom. The van der Waals surface area contributed by atoms with E-state index in [0.29, 0.717) is 48.5 Å². The molecule has 0 spiro atoms. The number of nitrogens with two attached hydrogens (primary N) is 2. The zero-order chi connectivity index (χ0) is 53.8. The van der Waals surface area contributed by atoms with E-state index in [4.69, 9.17) is 62.1 Å². The number of carbonyl (C=O) groups is 4. The van der Waals surface area contributed by atoms with Gasteiger partial charge in [-0.05, 0) is 130 Å². The molecule has 4 aromatic carbocycles. The van der Waals surface area contributed by atoms with Crippen LogP contribution in [0.25, 0.3) is 43.8 Å². The first-order chi connectivity index (χ1) is 33.5. The van der Waals surface area contributed by atoms with Crippen LogP contribution in [0.2, 0.25) is 0 Å². The highest BCUT2D eigenvalue weighted by Crippen LogP contribution is 2.29. The van der Waals surface area contributed by atoms with Gasteiger partial charge in [0, 0.05) is 37.1 Å². The normalized spacial score (nSPS) is 9.76. The molecule has 0 radical (unpaired) electrons. The van der Waals surface area contributed by atoms with Gasteiger partial charge in [-0.3, -0.25) is 25.0 Å². The summed E-state index contributed by atoms with van der Waals surface area (Å²) in [6.45, 7) is 7.83. The van der Waals surface area contributed by atoms with Crippen LogP contribution in [0, 0.1) is 0 Å². The van der Waals surface area contributed by atoms with Crippen molar-refractivity contribution < 1.29 is 69.7 Å². The summed E-state index contributed by atoms with van der Waals surface area (Å²) in [5.41, 5.74) is 15.1. The number of pyridine rings is 2. The third-order valence-electron chi connectivity index (χ3n) is 9.24. The minimum atomic E-state index is -3.11. The lowest BCUT2D eigenvalue weighted by molar-refractivity contribution is 0.0957. The van der Waals surface area contributed by atoms with Gasteiger partial charge in [-0.2, -0.15) is 0 Å². The quantitative estimate of drug-likeness (QED) is 0.0422. The number of hydrogen-bond donors (Lipinski definition) is 3. The van der Waals surface area contributed by atoms with Gasteiger partial charge in [0.2, 0.25) is 0 Å².